The van der Waals surface area contributed by atoms with Crippen LogP contribution in [0.2, 0.25) is 0 Å². The van der Waals surface area contributed by atoms with Crippen molar-refractivity contribution in [2.75, 3.05) is 5.32 Å². The molecule has 0 radical (unpaired) electrons. The van der Waals surface area contributed by atoms with Gasteiger partial charge in [0.1, 0.15) is 0 Å². The number of carbonyl (C=O) groups excluding carboxylic acids is 1. The number of aryl methyl sites for hydroxylation is 3. The molecule has 6 nitrogen and oxygen atoms in total. The molecule has 0 atom stereocenters. The average Bonchev–Trinajstić information content (AvgIpc) is 3.12. The molecule has 0 bridgehead atoms. The fourth-order valence-corrected chi connectivity index (χ4v) is 4.05. The summed E-state index contributed by atoms with van der Waals surface area (Å²) in [4.78, 5) is 20.0. The molecule has 128 valence electrons. The number of carbonyl (C=O) groups is 1. The second-order valence-corrected chi connectivity index (χ2v) is 7.25. The van der Waals surface area contributed by atoms with Crippen molar-refractivity contribution < 1.29 is 4.79 Å². The van der Waals surface area contributed by atoms with Crippen LogP contribution in [0, 0.1) is 6.92 Å². The maximum absolute atomic E-state index is 12.6. The van der Waals surface area contributed by atoms with Gasteiger partial charge in [0.15, 0.2) is 10.8 Å². The van der Waals surface area contributed by atoms with Crippen LogP contribution in [0.5, 0.6) is 0 Å². The lowest BCUT2D eigenvalue weighted by Crippen LogP contribution is -2.14. The lowest BCUT2D eigenvalue weighted by atomic mass is 10.2. The summed E-state index contributed by atoms with van der Waals surface area (Å²) in [5.41, 5.74) is 2.89. The van der Waals surface area contributed by atoms with Crippen LogP contribution in [0.25, 0.3) is 5.69 Å². The van der Waals surface area contributed by atoms with Crippen LogP contribution in [0.3, 0.4) is 0 Å². The summed E-state index contributed by atoms with van der Waals surface area (Å²) >= 11 is 1.58. The molecule has 1 amide bonds. The molecule has 4 rings (SSSR count). The molecule has 1 aliphatic rings. The minimum Gasteiger partial charge on any atom is -0.296 e. The van der Waals surface area contributed by atoms with Gasteiger partial charge in [0.05, 0.1) is 17.1 Å². The molecule has 25 heavy (non-hydrogen) atoms. The highest BCUT2D eigenvalue weighted by Crippen LogP contribution is 2.29. The monoisotopic (exact) mass is 353 g/mol. The van der Waals surface area contributed by atoms with Crippen LogP contribution in [-0.4, -0.2) is 25.9 Å². The Kier molecular flexibility index (Phi) is 4.31. The third-order valence-corrected chi connectivity index (χ3v) is 5.37. The Morgan fingerprint density at radius 2 is 1.92 bits per heavy atom. The van der Waals surface area contributed by atoms with Gasteiger partial charge < -0.3 is 0 Å². The lowest BCUT2D eigenvalue weighted by molar-refractivity contribution is 0.102. The van der Waals surface area contributed by atoms with Crippen molar-refractivity contribution in [1.29, 1.82) is 0 Å². The number of para-hydroxylation sites is 1. The quantitative estimate of drug-likeness (QED) is 0.731. The molecule has 1 aliphatic carbocycles. The fourth-order valence-electron chi connectivity index (χ4n) is 3.00. The number of fused-ring (bicyclic) bond motifs is 1. The van der Waals surface area contributed by atoms with Gasteiger partial charge in [0.25, 0.3) is 5.91 Å². The van der Waals surface area contributed by atoms with E-state index in [4.69, 9.17) is 0 Å². The highest BCUT2D eigenvalue weighted by Gasteiger charge is 2.20. The van der Waals surface area contributed by atoms with Crippen LogP contribution in [0.1, 0.15) is 46.0 Å². The van der Waals surface area contributed by atoms with E-state index >= 15 is 0 Å². The minimum absolute atomic E-state index is 0.261. The predicted molar refractivity (Wildman–Crippen MR) is 97.4 cm³/mol. The molecule has 0 aliphatic heterocycles. The first-order chi connectivity index (χ1) is 12.2. The summed E-state index contributed by atoms with van der Waals surface area (Å²) in [6.45, 7) is 1.79. The van der Waals surface area contributed by atoms with Gasteiger partial charge in [0.2, 0.25) is 0 Å². The molecule has 1 N–H and O–H groups in total. The Morgan fingerprint density at radius 3 is 2.76 bits per heavy atom. The van der Waals surface area contributed by atoms with E-state index in [2.05, 4.69) is 20.5 Å². The summed E-state index contributed by atoms with van der Waals surface area (Å²) in [5, 5.41) is 12.2. The predicted octanol–water partition coefficient (Wildman–Crippen LogP) is 3.55. The smallest absolute Gasteiger partial charge is 0.279 e. The number of rotatable bonds is 3. The lowest BCUT2D eigenvalue weighted by Gasteiger charge is -1.99. The first kappa shape index (κ1) is 16.0. The van der Waals surface area contributed by atoms with E-state index in [0.29, 0.717) is 16.5 Å². The zero-order valence-electron chi connectivity index (χ0n) is 14.0. The van der Waals surface area contributed by atoms with E-state index in [-0.39, 0.29) is 5.91 Å². The molecule has 0 unspecified atom stereocenters. The maximum Gasteiger partial charge on any atom is 0.279 e. The van der Waals surface area contributed by atoms with Gasteiger partial charge in [-0.2, -0.15) is 9.90 Å². The Labute approximate surface area is 149 Å². The van der Waals surface area contributed by atoms with Gasteiger partial charge in [-0.25, -0.2) is 4.98 Å². The van der Waals surface area contributed by atoms with Crippen LogP contribution in [0.4, 0.5) is 5.13 Å². The van der Waals surface area contributed by atoms with Crippen molar-refractivity contribution in [2.24, 2.45) is 0 Å². The third kappa shape index (κ3) is 3.32. The number of nitrogens with zero attached hydrogens (tertiary/aromatic N) is 4. The number of nitrogens with one attached hydrogen (secondary N) is 1. The molecule has 2 heterocycles. The number of hydrogen-bond donors (Lipinski definition) is 1. The summed E-state index contributed by atoms with van der Waals surface area (Å²) in [5.74, 6) is -0.261. The van der Waals surface area contributed by atoms with Gasteiger partial charge >= 0.3 is 0 Å². The molecule has 2 aromatic heterocycles. The van der Waals surface area contributed by atoms with Crippen LogP contribution in [0.15, 0.2) is 30.3 Å². The van der Waals surface area contributed by atoms with Gasteiger partial charge in [-0.3, -0.25) is 10.1 Å². The number of anilines is 1. The van der Waals surface area contributed by atoms with Crippen molar-refractivity contribution in [3.63, 3.8) is 0 Å². The van der Waals surface area contributed by atoms with Crippen molar-refractivity contribution in [3.8, 4) is 5.69 Å². The SMILES string of the molecule is Cc1nn(-c2ccccc2)nc1C(=O)Nc1nc2c(s1)CCCCC2. The Bertz CT molecular complexity index is 876. The fraction of sp³-hybridized carbons (Fsp3) is 0.333. The maximum atomic E-state index is 12.6. The molecule has 1 aromatic carbocycles. The molecule has 0 spiro atoms. The second kappa shape index (κ2) is 6.76. The summed E-state index contributed by atoms with van der Waals surface area (Å²) in [6.07, 6.45) is 5.70. The van der Waals surface area contributed by atoms with E-state index in [0.717, 1.165) is 24.2 Å². The Morgan fingerprint density at radius 1 is 1.12 bits per heavy atom. The number of amides is 1. The van der Waals surface area contributed by atoms with E-state index < -0.39 is 0 Å². The highest BCUT2D eigenvalue weighted by molar-refractivity contribution is 7.15. The van der Waals surface area contributed by atoms with E-state index in [9.17, 15) is 4.79 Å². The van der Waals surface area contributed by atoms with Gasteiger partial charge in [-0.15, -0.1) is 16.4 Å². The molecular weight excluding hydrogens is 334 g/mol. The van der Waals surface area contributed by atoms with Crippen LogP contribution >= 0.6 is 11.3 Å². The van der Waals surface area contributed by atoms with E-state index in [1.165, 1.54) is 28.9 Å². The van der Waals surface area contributed by atoms with Gasteiger partial charge in [0, 0.05) is 4.88 Å². The first-order valence-corrected chi connectivity index (χ1v) is 9.31. The molecule has 0 saturated heterocycles. The largest absolute Gasteiger partial charge is 0.296 e. The van der Waals surface area contributed by atoms with Crippen molar-refractivity contribution in [3.05, 3.63) is 52.3 Å². The van der Waals surface area contributed by atoms with Crippen LogP contribution in [-0.2, 0) is 12.8 Å². The Balaban J connectivity index is 1.55. The van der Waals surface area contributed by atoms with Crippen molar-refractivity contribution in [1.82, 2.24) is 20.0 Å². The molecule has 3 aromatic rings. The Hall–Kier alpha value is -2.54. The number of hydrogen-bond acceptors (Lipinski definition) is 5. The summed E-state index contributed by atoms with van der Waals surface area (Å²) in [7, 11) is 0. The molecule has 0 saturated carbocycles. The number of aromatic nitrogens is 4. The standard InChI is InChI=1S/C18H19N5OS/c1-12-16(22-23(21-12)13-8-4-2-5-9-13)17(24)20-18-19-14-10-6-3-7-11-15(14)25-18/h2,4-5,8-9H,3,6-7,10-11H2,1H3,(H,19,20,24). The van der Waals surface area contributed by atoms with E-state index in [1.807, 2.05) is 30.3 Å². The zero-order chi connectivity index (χ0) is 17.2. The van der Waals surface area contributed by atoms with Crippen molar-refractivity contribution >= 4 is 22.4 Å². The van der Waals surface area contributed by atoms with Crippen LogP contribution < -0.4 is 5.32 Å². The summed E-state index contributed by atoms with van der Waals surface area (Å²) < 4.78 is 0. The highest BCUT2D eigenvalue weighted by atomic mass is 32.1. The van der Waals surface area contributed by atoms with Gasteiger partial charge in [-0.1, -0.05) is 24.6 Å². The number of benzene rings is 1. The minimum atomic E-state index is -0.261. The van der Waals surface area contributed by atoms with E-state index in [1.54, 1.807) is 18.3 Å². The zero-order valence-corrected chi connectivity index (χ0v) is 14.8. The molecule has 7 heteroatoms. The first-order valence-electron chi connectivity index (χ1n) is 8.50. The topological polar surface area (TPSA) is 72.7 Å². The van der Waals surface area contributed by atoms with Crippen molar-refractivity contribution in [2.45, 2.75) is 39.0 Å². The summed E-state index contributed by atoms with van der Waals surface area (Å²) in [6, 6.07) is 9.56. The second-order valence-electron chi connectivity index (χ2n) is 6.16. The molecular formula is C18H19N5OS. The normalized spacial score (nSPS) is 14.0. The molecule has 0 fully saturated rings. The average molecular weight is 353 g/mol. The third-order valence-electron chi connectivity index (χ3n) is 4.30. The number of thiazole rings is 1. The van der Waals surface area contributed by atoms with Gasteiger partial charge in [-0.05, 0) is 44.7 Å².